The van der Waals surface area contributed by atoms with Crippen LogP contribution in [-0.2, 0) is 11.3 Å². The van der Waals surface area contributed by atoms with E-state index >= 15 is 0 Å². The summed E-state index contributed by atoms with van der Waals surface area (Å²) in [6, 6.07) is 7.45. The van der Waals surface area contributed by atoms with Crippen LogP contribution in [0.3, 0.4) is 0 Å². The molecule has 0 fully saturated rings. The average Bonchev–Trinajstić information content (AvgIpc) is 3.45. The molecule has 4 aromatic rings. The summed E-state index contributed by atoms with van der Waals surface area (Å²) in [4.78, 5) is 36.3. The molecule has 0 aromatic carbocycles. The molecule has 0 radical (unpaired) electrons. The van der Waals surface area contributed by atoms with Gasteiger partial charge >= 0.3 is 0 Å². The molecule has 0 aliphatic carbocycles. The lowest BCUT2D eigenvalue weighted by Crippen LogP contribution is -2.19. The molecule has 154 valence electrons. The van der Waals surface area contributed by atoms with E-state index in [0.717, 1.165) is 33.6 Å². The van der Waals surface area contributed by atoms with Crippen LogP contribution < -0.4 is 5.32 Å². The zero-order valence-corrected chi connectivity index (χ0v) is 16.9. The highest BCUT2D eigenvalue weighted by Gasteiger charge is 2.12. The van der Waals surface area contributed by atoms with Crippen LogP contribution in [0.2, 0.25) is 0 Å². The minimum absolute atomic E-state index is 0.117. The number of imidazole rings is 1. The second kappa shape index (κ2) is 8.95. The lowest BCUT2D eigenvalue weighted by Gasteiger charge is -2.08. The van der Waals surface area contributed by atoms with Crippen LogP contribution >= 0.6 is 0 Å². The summed E-state index contributed by atoms with van der Waals surface area (Å²) in [5, 5.41) is 3.76. The molecule has 1 amide bonds. The lowest BCUT2D eigenvalue weighted by molar-refractivity contribution is -0.116. The summed E-state index contributed by atoms with van der Waals surface area (Å²) in [6.07, 6.45) is 11.7. The second-order valence-electron chi connectivity index (χ2n) is 6.68. The Hall–Kier alpha value is -4.40. The third-order valence-corrected chi connectivity index (χ3v) is 4.65. The van der Waals surface area contributed by atoms with E-state index in [1.165, 1.54) is 6.20 Å². The molecule has 0 spiro atoms. The van der Waals surface area contributed by atoms with Gasteiger partial charge in [0.15, 0.2) is 0 Å². The molecule has 0 aliphatic rings. The van der Waals surface area contributed by atoms with Gasteiger partial charge in [-0.15, -0.1) is 0 Å². The average molecular weight is 412 g/mol. The van der Waals surface area contributed by atoms with Gasteiger partial charge in [0.2, 0.25) is 5.91 Å². The Kier molecular flexibility index (Phi) is 5.75. The summed E-state index contributed by atoms with van der Waals surface area (Å²) in [5.41, 5.74) is 4.23. The van der Waals surface area contributed by atoms with Gasteiger partial charge in [-0.1, -0.05) is 0 Å². The first-order chi connectivity index (χ1) is 15.2. The number of nitrogens with one attached hydrogen (secondary N) is 2. The number of nitrogens with zero attached hydrogens (tertiary/aromatic N) is 6. The fraction of sp³-hybridized carbons (Fsp3) is 0.0909. The van der Waals surface area contributed by atoms with Crippen LogP contribution in [0.4, 0.5) is 5.82 Å². The van der Waals surface area contributed by atoms with Gasteiger partial charge < -0.3 is 14.9 Å². The summed E-state index contributed by atoms with van der Waals surface area (Å²) < 4.78 is 1.80. The van der Waals surface area contributed by atoms with E-state index in [0.29, 0.717) is 5.82 Å². The van der Waals surface area contributed by atoms with E-state index in [2.05, 4.69) is 42.0 Å². The molecule has 0 saturated carbocycles. The Morgan fingerprint density at radius 1 is 1.23 bits per heavy atom. The van der Waals surface area contributed by atoms with E-state index < -0.39 is 0 Å². The number of anilines is 1. The summed E-state index contributed by atoms with van der Waals surface area (Å²) in [7, 11) is 0. The van der Waals surface area contributed by atoms with Gasteiger partial charge in [0.25, 0.3) is 0 Å². The SMILES string of the molecule is C=N/C=C\N=C(C)c1ccc(NC(=O)Cn2ccc3c(-c4cnc[nH]4)ccnc32)nc1. The van der Waals surface area contributed by atoms with Crippen LogP contribution in [0.1, 0.15) is 12.5 Å². The number of H-pyrrole nitrogens is 1. The third kappa shape index (κ3) is 4.45. The van der Waals surface area contributed by atoms with E-state index in [1.807, 2.05) is 31.3 Å². The fourth-order valence-corrected chi connectivity index (χ4v) is 3.14. The van der Waals surface area contributed by atoms with Gasteiger partial charge in [0.05, 0.1) is 18.2 Å². The van der Waals surface area contributed by atoms with E-state index in [9.17, 15) is 4.79 Å². The molecular formula is C22H20N8O. The molecule has 2 N–H and O–H groups in total. The molecule has 0 aliphatic heterocycles. The number of aromatic nitrogens is 5. The summed E-state index contributed by atoms with van der Waals surface area (Å²) in [6.45, 7) is 5.34. The number of carbonyl (C=O) groups is 1. The number of pyridine rings is 2. The van der Waals surface area contributed by atoms with E-state index in [4.69, 9.17) is 0 Å². The van der Waals surface area contributed by atoms with Crippen molar-refractivity contribution in [3.63, 3.8) is 0 Å². The normalized spacial score (nSPS) is 11.8. The minimum Gasteiger partial charge on any atom is -0.345 e. The molecule has 4 heterocycles. The van der Waals surface area contributed by atoms with Gasteiger partial charge in [0.1, 0.15) is 18.0 Å². The summed E-state index contributed by atoms with van der Waals surface area (Å²) >= 11 is 0. The van der Waals surface area contributed by atoms with Crippen LogP contribution in [0, 0.1) is 0 Å². The van der Waals surface area contributed by atoms with Gasteiger partial charge in [-0.25, -0.2) is 15.0 Å². The largest absolute Gasteiger partial charge is 0.345 e. The van der Waals surface area contributed by atoms with Crippen LogP contribution in [0.5, 0.6) is 0 Å². The molecule has 0 atom stereocenters. The maximum atomic E-state index is 12.6. The van der Waals surface area contributed by atoms with Crippen molar-refractivity contribution in [2.45, 2.75) is 13.5 Å². The first-order valence-electron chi connectivity index (χ1n) is 9.50. The highest BCUT2D eigenvalue weighted by Crippen LogP contribution is 2.26. The van der Waals surface area contributed by atoms with Gasteiger partial charge in [-0.2, -0.15) is 0 Å². The molecular weight excluding hydrogens is 392 g/mol. The fourth-order valence-electron chi connectivity index (χ4n) is 3.14. The maximum absolute atomic E-state index is 12.6. The number of rotatable bonds is 7. The van der Waals surface area contributed by atoms with Crippen molar-refractivity contribution in [3.05, 3.63) is 73.3 Å². The first-order valence-corrected chi connectivity index (χ1v) is 9.50. The molecule has 9 heteroatoms. The van der Waals surface area contributed by atoms with Crippen LogP contribution in [0.15, 0.2) is 77.8 Å². The Balaban J connectivity index is 1.46. The number of carbonyl (C=O) groups excluding carboxylic acids is 1. The maximum Gasteiger partial charge on any atom is 0.245 e. The Morgan fingerprint density at radius 2 is 2.13 bits per heavy atom. The van der Waals surface area contributed by atoms with Gasteiger partial charge in [0, 0.05) is 53.2 Å². The van der Waals surface area contributed by atoms with Gasteiger partial charge in [-0.3, -0.25) is 14.8 Å². The molecule has 0 saturated heterocycles. The molecule has 4 rings (SSSR count). The van der Waals surface area contributed by atoms with Crippen LogP contribution in [-0.4, -0.2) is 42.8 Å². The van der Waals surface area contributed by atoms with Crippen molar-refractivity contribution in [2.75, 3.05) is 5.32 Å². The second-order valence-corrected chi connectivity index (χ2v) is 6.68. The topological polar surface area (TPSA) is 113 Å². The van der Waals surface area contributed by atoms with Crippen molar-refractivity contribution in [3.8, 4) is 11.3 Å². The Bertz CT molecular complexity index is 1270. The van der Waals surface area contributed by atoms with E-state index in [1.54, 1.807) is 41.8 Å². The number of hydrogen-bond donors (Lipinski definition) is 2. The molecule has 0 bridgehead atoms. The van der Waals surface area contributed by atoms with Crippen LogP contribution in [0.25, 0.3) is 22.3 Å². The number of hydrogen-bond acceptors (Lipinski definition) is 6. The lowest BCUT2D eigenvalue weighted by atomic mass is 10.1. The number of fused-ring (bicyclic) bond motifs is 1. The number of aromatic amines is 1. The van der Waals surface area contributed by atoms with Gasteiger partial charge in [-0.05, 0) is 37.9 Å². The highest BCUT2D eigenvalue weighted by atomic mass is 16.2. The first kappa shape index (κ1) is 19.9. The van der Waals surface area contributed by atoms with Crippen molar-refractivity contribution < 1.29 is 4.79 Å². The predicted molar refractivity (Wildman–Crippen MR) is 121 cm³/mol. The monoisotopic (exact) mass is 412 g/mol. The Morgan fingerprint density at radius 3 is 2.87 bits per heavy atom. The standard InChI is InChI=1S/C22H20N8O/c1-15(25-9-8-23-2)16-3-4-20(27-11-16)29-21(31)13-30-10-6-18-17(5-7-26-22(18)30)19-12-24-14-28-19/h3-12,14H,2,13H2,1H3,(H,24,28)(H,27,29,31)/b9-8-,25-15?. The minimum atomic E-state index is -0.197. The molecule has 4 aromatic heterocycles. The van der Waals surface area contributed by atoms with E-state index in [-0.39, 0.29) is 12.5 Å². The predicted octanol–water partition coefficient (Wildman–Crippen LogP) is 3.44. The molecule has 31 heavy (non-hydrogen) atoms. The van der Waals surface area contributed by atoms with Crippen molar-refractivity contribution in [1.82, 2.24) is 24.5 Å². The van der Waals surface area contributed by atoms with Crippen molar-refractivity contribution in [1.29, 1.82) is 0 Å². The quantitative estimate of drug-likeness (QED) is 0.453. The van der Waals surface area contributed by atoms with Crippen molar-refractivity contribution in [2.24, 2.45) is 9.98 Å². The zero-order chi connectivity index (χ0) is 21.6. The molecule has 0 unspecified atom stereocenters. The van der Waals surface area contributed by atoms with Crippen molar-refractivity contribution >= 4 is 35.2 Å². The molecule has 9 nitrogen and oxygen atoms in total. The zero-order valence-electron chi connectivity index (χ0n) is 16.9. The smallest absolute Gasteiger partial charge is 0.245 e. The number of aliphatic imine (C=N–C) groups is 2. The highest BCUT2D eigenvalue weighted by molar-refractivity contribution is 5.99. The Labute approximate surface area is 178 Å². The summed E-state index contributed by atoms with van der Waals surface area (Å²) in [5.74, 6) is 0.268. The third-order valence-electron chi connectivity index (χ3n) is 4.65. The number of amides is 1.